The lowest BCUT2D eigenvalue weighted by Gasteiger charge is -2.25. The minimum Gasteiger partial charge on any atom is -0.446 e. The number of amides is 2. The Kier molecular flexibility index (Phi) is 5.63. The van der Waals surface area contributed by atoms with Crippen molar-refractivity contribution in [3.63, 3.8) is 0 Å². The van der Waals surface area contributed by atoms with Crippen molar-refractivity contribution in [2.45, 2.75) is 39.9 Å². The van der Waals surface area contributed by atoms with E-state index in [1.165, 1.54) is 0 Å². The maximum Gasteiger partial charge on any atom is 0.433 e. The molecule has 1 N–H and O–H groups in total. The first-order chi connectivity index (χ1) is 11.4. The third-order valence-corrected chi connectivity index (χ3v) is 3.07. The number of hydrazine groups is 1. The van der Waals surface area contributed by atoms with E-state index in [4.69, 9.17) is 9.47 Å². The number of ether oxygens (including phenoxy) is 2. The van der Waals surface area contributed by atoms with E-state index in [0.29, 0.717) is 5.69 Å². The lowest BCUT2D eigenvalue weighted by Crippen LogP contribution is -2.48. The Morgan fingerprint density at radius 2 is 1.54 bits per heavy atom. The summed E-state index contributed by atoms with van der Waals surface area (Å²) in [5.41, 5.74) is 2.97. The van der Waals surface area contributed by atoms with E-state index >= 15 is 0 Å². The van der Waals surface area contributed by atoms with Gasteiger partial charge in [0.1, 0.15) is 0 Å². The molecular weight excluding hydrogens is 308 g/mol. The van der Waals surface area contributed by atoms with Crippen LogP contribution in [-0.4, -0.2) is 24.4 Å². The summed E-state index contributed by atoms with van der Waals surface area (Å²) < 4.78 is 10.3. The quantitative estimate of drug-likeness (QED) is 0.855. The van der Waals surface area contributed by atoms with Crippen molar-refractivity contribution < 1.29 is 19.1 Å². The first kappa shape index (κ1) is 17.6. The van der Waals surface area contributed by atoms with Gasteiger partial charge in [-0.05, 0) is 39.1 Å². The first-order valence-electron chi connectivity index (χ1n) is 7.84. The van der Waals surface area contributed by atoms with Crippen molar-refractivity contribution in [2.75, 3.05) is 5.01 Å². The van der Waals surface area contributed by atoms with Crippen LogP contribution in [0.1, 0.15) is 27.7 Å². The van der Waals surface area contributed by atoms with Crippen LogP contribution in [0.25, 0.3) is 10.8 Å². The Hall–Kier alpha value is -2.76. The van der Waals surface area contributed by atoms with Crippen LogP contribution in [-0.2, 0) is 9.47 Å². The van der Waals surface area contributed by atoms with Crippen LogP contribution < -0.4 is 10.4 Å². The highest BCUT2D eigenvalue weighted by Crippen LogP contribution is 2.26. The van der Waals surface area contributed by atoms with Gasteiger partial charge in [0.25, 0.3) is 0 Å². The number of rotatable bonds is 3. The SMILES string of the molecule is CC(C)OC(=O)NN(C(=O)OC(C)C)c1cccc2ccccc12. The number of hydrogen-bond donors (Lipinski definition) is 1. The van der Waals surface area contributed by atoms with Crippen molar-refractivity contribution in [3.8, 4) is 0 Å². The van der Waals surface area contributed by atoms with Gasteiger partial charge in [-0.1, -0.05) is 36.4 Å². The van der Waals surface area contributed by atoms with Gasteiger partial charge in [-0.3, -0.25) is 0 Å². The molecule has 0 aliphatic heterocycles. The molecule has 24 heavy (non-hydrogen) atoms. The zero-order valence-electron chi connectivity index (χ0n) is 14.3. The molecule has 6 heteroatoms. The fourth-order valence-corrected chi connectivity index (χ4v) is 2.19. The Morgan fingerprint density at radius 1 is 0.917 bits per heavy atom. The lowest BCUT2D eigenvalue weighted by atomic mass is 10.1. The zero-order chi connectivity index (χ0) is 17.7. The Labute approximate surface area is 141 Å². The smallest absolute Gasteiger partial charge is 0.433 e. The van der Waals surface area contributed by atoms with Gasteiger partial charge >= 0.3 is 12.2 Å². The van der Waals surface area contributed by atoms with Gasteiger partial charge in [-0.2, -0.15) is 5.01 Å². The number of benzene rings is 2. The number of nitrogens with one attached hydrogen (secondary N) is 1. The summed E-state index contributed by atoms with van der Waals surface area (Å²) in [4.78, 5) is 24.4. The lowest BCUT2D eigenvalue weighted by molar-refractivity contribution is 0.103. The fourth-order valence-electron chi connectivity index (χ4n) is 2.19. The molecule has 0 fully saturated rings. The largest absolute Gasteiger partial charge is 0.446 e. The van der Waals surface area contributed by atoms with Gasteiger partial charge in [0.2, 0.25) is 0 Å². The molecule has 2 amide bonds. The van der Waals surface area contributed by atoms with Crippen molar-refractivity contribution >= 4 is 28.6 Å². The van der Waals surface area contributed by atoms with Crippen LogP contribution in [0.3, 0.4) is 0 Å². The monoisotopic (exact) mass is 330 g/mol. The highest BCUT2D eigenvalue weighted by Gasteiger charge is 2.23. The Bertz CT molecular complexity index is 723. The average molecular weight is 330 g/mol. The average Bonchev–Trinajstić information content (AvgIpc) is 2.50. The molecular formula is C18H22N2O4. The summed E-state index contributed by atoms with van der Waals surface area (Å²) in [5.74, 6) is 0. The molecule has 0 bridgehead atoms. The van der Waals surface area contributed by atoms with Crippen molar-refractivity contribution in [1.29, 1.82) is 0 Å². The molecule has 0 aromatic heterocycles. The fraction of sp³-hybridized carbons (Fsp3) is 0.333. The molecule has 0 saturated carbocycles. The molecule has 0 aliphatic carbocycles. The molecule has 128 valence electrons. The predicted octanol–water partition coefficient (Wildman–Crippen LogP) is 4.24. The van der Waals surface area contributed by atoms with Crippen molar-refractivity contribution in [2.24, 2.45) is 0 Å². The summed E-state index contributed by atoms with van der Waals surface area (Å²) >= 11 is 0. The second-order valence-electron chi connectivity index (χ2n) is 5.83. The number of carbonyl (C=O) groups excluding carboxylic acids is 2. The topological polar surface area (TPSA) is 67.9 Å². The molecule has 6 nitrogen and oxygen atoms in total. The van der Waals surface area contributed by atoms with E-state index < -0.39 is 12.2 Å². The van der Waals surface area contributed by atoms with Crippen LogP contribution in [0.15, 0.2) is 42.5 Å². The highest BCUT2D eigenvalue weighted by molar-refractivity contribution is 6.02. The molecule has 2 rings (SSSR count). The molecule has 0 saturated heterocycles. The third kappa shape index (κ3) is 4.38. The van der Waals surface area contributed by atoms with Crippen LogP contribution in [0.2, 0.25) is 0 Å². The maximum atomic E-state index is 12.5. The molecule has 0 spiro atoms. The van der Waals surface area contributed by atoms with Crippen LogP contribution in [0.5, 0.6) is 0 Å². The molecule has 0 aliphatic rings. The number of anilines is 1. The molecule has 0 radical (unpaired) electrons. The zero-order valence-corrected chi connectivity index (χ0v) is 14.3. The van der Waals surface area contributed by atoms with Crippen molar-refractivity contribution in [1.82, 2.24) is 5.43 Å². The normalized spacial score (nSPS) is 10.8. The van der Waals surface area contributed by atoms with E-state index in [1.54, 1.807) is 33.8 Å². The van der Waals surface area contributed by atoms with Crippen LogP contribution >= 0.6 is 0 Å². The number of nitrogens with zero attached hydrogens (tertiary/aromatic N) is 1. The molecule has 2 aromatic carbocycles. The van der Waals surface area contributed by atoms with Gasteiger partial charge in [-0.15, -0.1) is 0 Å². The van der Waals surface area contributed by atoms with E-state index in [0.717, 1.165) is 15.8 Å². The number of fused-ring (bicyclic) bond motifs is 1. The number of carbonyl (C=O) groups is 2. The second kappa shape index (κ2) is 7.68. The minimum atomic E-state index is -0.723. The van der Waals surface area contributed by atoms with Gasteiger partial charge in [-0.25, -0.2) is 15.0 Å². The number of hydrogen-bond acceptors (Lipinski definition) is 4. The van der Waals surface area contributed by atoms with E-state index in [-0.39, 0.29) is 12.2 Å². The molecule has 0 heterocycles. The van der Waals surface area contributed by atoms with E-state index in [9.17, 15) is 9.59 Å². The van der Waals surface area contributed by atoms with Crippen LogP contribution in [0, 0.1) is 0 Å². The summed E-state index contributed by atoms with van der Waals surface area (Å²) in [6.07, 6.45) is -2.03. The van der Waals surface area contributed by atoms with Crippen molar-refractivity contribution in [3.05, 3.63) is 42.5 Å². The summed E-state index contributed by atoms with van der Waals surface area (Å²) in [5, 5.41) is 2.83. The second-order valence-corrected chi connectivity index (χ2v) is 5.83. The van der Waals surface area contributed by atoms with Gasteiger partial charge in [0.15, 0.2) is 0 Å². The molecule has 0 atom stereocenters. The standard InChI is InChI=1S/C18H22N2O4/c1-12(2)23-17(21)19-20(18(22)24-13(3)4)16-11-7-9-14-8-5-6-10-15(14)16/h5-13H,1-4H3,(H,19,21). The van der Waals surface area contributed by atoms with Gasteiger partial charge in [0.05, 0.1) is 17.9 Å². The Morgan fingerprint density at radius 3 is 2.21 bits per heavy atom. The van der Waals surface area contributed by atoms with Gasteiger partial charge < -0.3 is 9.47 Å². The molecule has 2 aromatic rings. The highest BCUT2D eigenvalue weighted by atomic mass is 16.6. The van der Waals surface area contributed by atoms with Crippen LogP contribution in [0.4, 0.5) is 15.3 Å². The molecule has 0 unspecified atom stereocenters. The Balaban J connectivity index is 2.40. The summed E-state index contributed by atoms with van der Waals surface area (Å²) in [6, 6.07) is 13.0. The summed E-state index contributed by atoms with van der Waals surface area (Å²) in [7, 11) is 0. The van der Waals surface area contributed by atoms with E-state index in [1.807, 2.05) is 36.4 Å². The third-order valence-electron chi connectivity index (χ3n) is 3.07. The first-order valence-corrected chi connectivity index (χ1v) is 7.84. The minimum absolute atomic E-state index is 0.305. The van der Waals surface area contributed by atoms with Gasteiger partial charge in [0, 0.05) is 5.39 Å². The predicted molar refractivity (Wildman–Crippen MR) is 92.8 cm³/mol. The van der Waals surface area contributed by atoms with E-state index in [2.05, 4.69) is 5.43 Å². The maximum absolute atomic E-state index is 12.5. The summed E-state index contributed by atoms with van der Waals surface area (Å²) in [6.45, 7) is 6.94.